The van der Waals surface area contributed by atoms with Gasteiger partial charge in [0.15, 0.2) is 0 Å². The minimum atomic E-state index is -0.0383. The van der Waals surface area contributed by atoms with E-state index in [1.165, 1.54) is 0 Å². The van der Waals surface area contributed by atoms with Crippen LogP contribution < -0.4 is 15.2 Å². The molecule has 0 atom stereocenters. The Morgan fingerprint density at radius 1 is 1.15 bits per heavy atom. The van der Waals surface area contributed by atoms with Gasteiger partial charge in [0, 0.05) is 26.4 Å². The second-order valence-electron chi connectivity index (χ2n) is 4.08. The summed E-state index contributed by atoms with van der Waals surface area (Å²) in [5, 5.41) is 7.51. The van der Waals surface area contributed by atoms with Gasteiger partial charge in [0.2, 0.25) is 0 Å². The average molecular weight is 282 g/mol. The molecule has 0 aliphatic carbocycles. The summed E-state index contributed by atoms with van der Waals surface area (Å²) in [6, 6.07) is 5.16. The Kier molecular flexibility index (Phi) is 7.46. The van der Waals surface area contributed by atoms with Gasteiger partial charge in [-0.05, 0) is 18.6 Å². The highest BCUT2D eigenvalue weighted by atomic mass is 16.5. The van der Waals surface area contributed by atoms with Crippen LogP contribution in [-0.4, -0.2) is 46.5 Å². The molecule has 0 bridgehead atoms. The SMILES string of the molecule is COCCCOCCOc1cc(OC)ccc1C(=N)N. The van der Waals surface area contributed by atoms with Crippen LogP contribution in [0.25, 0.3) is 0 Å². The number of nitrogens with one attached hydrogen (secondary N) is 1. The number of nitrogen functional groups attached to an aromatic ring is 1. The predicted molar refractivity (Wildman–Crippen MR) is 76.8 cm³/mol. The number of rotatable bonds is 10. The highest BCUT2D eigenvalue weighted by Gasteiger charge is 2.08. The van der Waals surface area contributed by atoms with Crippen molar-refractivity contribution in [1.82, 2.24) is 0 Å². The van der Waals surface area contributed by atoms with Gasteiger partial charge in [0.25, 0.3) is 0 Å². The van der Waals surface area contributed by atoms with Gasteiger partial charge in [0.1, 0.15) is 23.9 Å². The number of benzene rings is 1. The molecule has 3 N–H and O–H groups in total. The fourth-order valence-corrected chi connectivity index (χ4v) is 1.59. The van der Waals surface area contributed by atoms with Crippen LogP contribution in [0, 0.1) is 5.41 Å². The molecule has 0 saturated heterocycles. The fourth-order valence-electron chi connectivity index (χ4n) is 1.59. The molecule has 1 rings (SSSR count). The molecule has 1 aromatic carbocycles. The molecular formula is C14H22N2O4. The van der Waals surface area contributed by atoms with Gasteiger partial charge in [-0.1, -0.05) is 0 Å². The van der Waals surface area contributed by atoms with Gasteiger partial charge >= 0.3 is 0 Å². The average Bonchev–Trinajstić information content (AvgIpc) is 2.45. The van der Waals surface area contributed by atoms with E-state index in [0.29, 0.717) is 43.5 Å². The minimum Gasteiger partial charge on any atom is -0.497 e. The second kappa shape index (κ2) is 9.17. The fraction of sp³-hybridized carbons (Fsp3) is 0.500. The topological polar surface area (TPSA) is 86.8 Å². The lowest BCUT2D eigenvalue weighted by atomic mass is 10.2. The number of methoxy groups -OCH3 is 2. The van der Waals surface area contributed by atoms with Crippen LogP contribution in [0.3, 0.4) is 0 Å². The van der Waals surface area contributed by atoms with E-state index in [0.717, 1.165) is 6.42 Å². The van der Waals surface area contributed by atoms with Crippen LogP contribution in [0.4, 0.5) is 0 Å². The first kappa shape index (κ1) is 16.3. The summed E-state index contributed by atoms with van der Waals surface area (Å²) >= 11 is 0. The molecule has 0 saturated carbocycles. The van der Waals surface area contributed by atoms with Crippen LogP contribution in [0.15, 0.2) is 18.2 Å². The molecule has 1 aromatic rings. The number of ether oxygens (including phenoxy) is 4. The maximum absolute atomic E-state index is 7.51. The molecular weight excluding hydrogens is 260 g/mol. The van der Waals surface area contributed by atoms with Crippen molar-refractivity contribution in [2.75, 3.05) is 40.6 Å². The summed E-state index contributed by atoms with van der Waals surface area (Å²) in [5.41, 5.74) is 6.06. The molecule has 0 spiro atoms. The maximum atomic E-state index is 7.51. The van der Waals surface area contributed by atoms with Crippen molar-refractivity contribution in [3.63, 3.8) is 0 Å². The standard InChI is InChI=1S/C14H22N2O4/c1-17-6-3-7-19-8-9-20-13-10-11(18-2)4-5-12(13)14(15)16/h4-5,10H,3,6-9H2,1-2H3,(H3,15,16). The molecule has 20 heavy (non-hydrogen) atoms. The van der Waals surface area contributed by atoms with Crippen molar-refractivity contribution in [1.29, 1.82) is 5.41 Å². The molecule has 0 aliphatic heterocycles. The molecule has 0 heterocycles. The Hall–Kier alpha value is -1.79. The van der Waals surface area contributed by atoms with Gasteiger partial charge in [-0.25, -0.2) is 0 Å². The van der Waals surface area contributed by atoms with Crippen LogP contribution in [0.1, 0.15) is 12.0 Å². The van der Waals surface area contributed by atoms with E-state index in [1.807, 2.05) is 0 Å². The third-order valence-electron chi connectivity index (χ3n) is 2.60. The first-order valence-electron chi connectivity index (χ1n) is 6.41. The number of hydrogen-bond donors (Lipinski definition) is 2. The third kappa shape index (κ3) is 5.46. The quantitative estimate of drug-likeness (QED) is 0.385. The van der Waals surface area contributed by atoms with Crippen molar-refractivity contribution in [2.24, 2.45) is 5.73 Å². The normalized spacial score (nSPS) is 10.3. The lowest BCUT2D eigenvalue weighted by Crippen LogP contribution is -2.15. The molecule has 6 nitrogen and oxygen atoms in total. The molecule has 6 heteroatoms. The van der Waals surface area contributed by atoms with Crippen molar-refractivity contribution in [3.8, 4) is 11.5 Å². The third-order valence-corrected chi connectivity index (χ3v) is 2.60. The highest BCUT2D eigenvalue weighted by molar-refractivity contribution is 5.97. The van der Waals surface area contributed by atoms with Gasteiger partial charge in [0.05, 0.1) is 19.3 Å². The maximum Gasteiger partial charge on any atom is 0.134 e. The Labute approximate surface area is 119 Å². The molecule has 0 amide bonds. The van der Waals surface area contributed by atoms with Crippen molar-refractivity contribution in [3.05, 3.63) is 23.8 Å². The lowest BCUT2D eigenvalue weighted by molar-refractivity contribution is 0.0805. The largest absolute Gasteiger partial charge is 0.497 e. The lowest BCUT2D eigenvalue weighted by Gasteiger charge is -2.12. The minimum absolute atomic E-state index is 0.0383. The van der Waals surface area contributed by atoms with Crippen molar-refractivity contribution < 1.29 is 18.9 Å². The van der Waals surface area contributed by atoms with Crippen molar-refractivity contribution in [2.45, 2.75) is 6.42 Å². The second-order valence-corrected chi connectivity index (χ2v) is 4.08. The first-order chi connectivity index (χ1) is 9.69. The number of amidine groups is 1. The number of nitrogens with two attached hydrogens (primary N) is 1. The van der Waals surface area contributed by atoms with E-state index in [2.05, 4.69) is 0 Å². The molecule has 0 radical (unpaired) electrons. The van der Waals surface area contributed by atoms with E-state index >= 15 is 0 Å². The summed E-state index contributed by atoms with van der Waals surface area (Å²) < 4.78 is 21.0. The van der Waals surface area contributed by atoms with Crippen LogP contribution in [0.2, 0.25) is 0 Å². The number of hydrogen-bond acceptors (Lipinski definition) is 5. The Morgan fingerprint density at radius 3 is 2.60 bits per heavy atom. The van der Waals surface area contributed by atoms with Gasteiger partial charge in [-0.15, -0.1) is 0 Å². The molecule has 0 aliphatic rings. The van der Waals surface area contributed by atoms with Gasteiger partial charge in [-0.2, -0.15) is 0 Å². The molecule has 0 unspecified atom stereocenters. The summed E-state index contributed by atoms with van der Waals surface area (Å²) in [4.78, 5) is 0. The van der Waals surface area contributed by atoms with Crippen LogP contribution >= 0.6 is 0 Å². The molecule has 0 aromatic heterocycles. The zero-order valence-corrected chi connectivity index (χ0v) is 12.0. The molecule has 0 fully saturated rings. The Morgan fingerprint density at radius 2 is 1.95 bits per heavy atom. The first-order valence-corrected chi connectivity index (χ1v) is 6.41. The van der Waals surface area contributed by atoms with Gasteiger partial charge < -0.3 is 24.7 Å². The van der Waals surface area contributed by atoms with Crippen LogP contribution in [0.5, 0.6) is 11.5 Å². The summed E-state index contributed by atoms with van der Waals surface area (Å²) in [6.07, 6.45) is 0.856. The monoisotopic (exact) mass is 282 g/mol. The predicted octanol–water partition coefficient (Wildman–Crippen LogP) is 1.41. The summed E-state index contributed by atoms with van der Waals surface area (Å²) in [5.74, 6) is 1.15. The van der Waals surface area contributed by atoms with Crippen LogP contribution in [-0.2, 0) is 9.47 Å². The molecule has 112 valence electrons. The van der Waals surface area contributed by atoms with E-state index in [-0.39, 0.29) is 5.84 Å². The summed E-state index contributed by atoms with van der Waals surface area (Å²) in [6.45, 7) is 2.18. The van der Waals surface area contributed by atoms with E-state index < -0.39 is 0 Å². The Balaban J connectivity index is 2.43. The zero-order valence-electron chi connectivity index (χ0n) is 12.0. The van der Waals surface area contributed by atoms with E-state index in [9.17, 15) is 0 Å². The van der Waals surface area contributed by atoms with Crippen molar-refractivity contribution >= 4 is 5.84 Å². The Bertz CT molecular complexity index is 424. The summed E-state index contributed by atoms with van der Waals surface area (Å²) in [7, 11) is 3.24. The smallest absolute Gasteiger partial charge is 0.134 e. The zero-order chi connectivity index (χ0) is 14.8. The highest BCUT2D eigenvalue weighted by Crippen LogP contribution is 2.24. The van der Waals surface area contributed by atoms with E-state index in [1.54, 1.807) is 32.4 Å². The van der Waals surface area contributed by atoms with E-state index in [4.69, 9.17) is 30.1 Å². The van der Waals surface area contributed by atoms with Gasteiger partial charge in [-0.3, -0.25) is 5.41 Å².